The van der Waals surface area contributed by atoms with Crippen molar-refractivity contribution in [3.63, 3.8) is 0 Å². The van der Waals surface area contributed by atoms with Crippen LogP contribution in [-0.4, -0.2) is 20.9 Å². The monoisotopic (exact) mass is 418 g/mol. The van der Waals surface area contributed by atoms with Gasteiger partial charge in [-0.25, -0.2) is 9.59 Å². The maximum atomic E-state index is 12.7. The number of ether oxygens (including phenoxy) is 1. The molecule has 3 aromatic rings. The summed E-state index contributed by atoms with van der Waals surface area (Å²) in [7, 11) is 0. The highest BCUT2D eigenvalue weighted by atomic mass is 35.5. The highest BCUT2D eigenvalue weighted by Crippen LogP contribution is 2.28. The minimum atomic E-state index is -0.613. The first-order chi connectivity index (χ1) is 13.7. The molecule has 29 heavy (non-hydrogen) atoms. The molecule has 2 aromatic heterocycles. The van der Waals surface area contributed by atoms with Crippen molar-refractivity contribution in [1.82, 2.24) is 9.78 Å². The van der Waals surface area contributed by atoms with Crippen LogP contribution in [-0.2, 0) is 24.3 Å². The Morgan fingerprint density at radius 1 is 1.31 bits per heavy atom. The lowest BCUT2D eigenvalue weighted by atomic mass is 10.0. The third kappa shape index (κ3) is 4.29. The van der Waals surface area contributed by atoms with E-state index >= 15 is 0 Å². The van der Waals surface area contributed by atoms with Crippen LogP contribution in [0.2, 0.25) is 5.15 Å². The Balaban J connectivity index is 1.90. The van der Waals surface area contributed by atoms with E-state index in [1.54, 1.807) is 17.7 Å². The molecule has 8 heteroatoms. The van der Waals surface area contributed by atoms with Crippen LogP contribution in [0.5, 0.6) is 5.75 Å². The molecule has 3 rings (SSSR count). The summed E-state index contributed by atoms with van der Waals surface area (Å²) in [4.78, 5) is 24.5. The van der Waals surface area contributed by atoms with E-state index in [1.165, 1.54) is 12.1 Å². The van der Waals surface area contributed by atoms with E-state index in [1.807, 2.05) is 20.8 Å². The van der Waals surface area contributed by atoms with Crippen LogP contribution >= 0.6 is 11.6 Å². The highest BCUT2D eigenvalue weighted by molar-refractivity contribution is 6.32. The van der Waals surface area contributed by atoms with Gasteiger partial charge in [-0.3, -0.25) is 4.68 Å². The zero-order valence-electron chi connectivity index (χ0n) is 16.8. The summed E-state index contributed by atoms with van der Waals surface area (Å²) in [5, 5.41) is 15.2. The lowest BCUT2D eigenvalue weighted by Gasteiger charge is -2.10. The summed E-state index contributed by atoms with van der Waals surface area (Å²) in [5.74, 6) is -0.245. The van der Waals surface area contributed by atoms with Gasteiger partial charge in [-0.2, -0.15) is 5.10 Å². The molecule has 0 bridgehead atoms. The van der Waals surface area contributed by atoms with E-state index in [4.69, 9.17) is 20.8 Å². The molecular weight excluding hydrogens is 396 g/mol. The van der Waals surface area contributed by atoms with Crippen LogP contribution in [0.3, 0.4) is 0 Å². The molecule has 0 spiro atoms. The topological polar surface area (TPSA) is 94.6 Å². The number of hydrogen-bond acceptors (Lipinski definition) is 6. The van der Waals surface area contributed by atoms with Gasteiger partial charge >= 0.3 is 11.6 Å². The minimum Gasteiger partial charge on any atom is -0.508 e. The Morgan fingerprint density at radius 3 is 2.69 bits per heavy atom. The standard InChI is InChI=1S/C21H23ClN2O5/c1-5-13-6-15-14(7-18(26)29-17(15)8-16(13)25)10-28-21(27)19-12(4)23-24(20(19)22)9-11(2)3/h6-8,11,25H,5,9-10H2,1-4H3. The molecule has 0 aliphatic rings. The fourth-order valence-electron chi connectivity index (χ4n) is 3.18. The second-order valence-corrected chi connectivity index (χ2v) is 7.68. The summed E-state index contributed by atoms with van der Waals surface area (Å²) < 4.78 is 12.2. The van der Waals surface area contributed by atoms with Crippen molar-refractivity contribution in [3.8, 4) is 5.75 Å². The molecule has 7 nitrogen and oxygen atoms in total. The normalized spacial score (nSPS) is 11.4. The predicted molar refractivity (Wildman–Crippen MR) is 109 cm³/mol. The van der Waals surface area contributed by atoms with Crippen molar-refractivity contribution in [3.05, 3.63) is 56.2 Å². The SMILES string of the molecule is CCc1cc2c(COC(=O)c3c(C)nn(CC(C)C)c3Cl)cc(=O)oc2cc1O. The summed E-state index contributed by atoms with van der Waals surface area (Å²) in [5.41, 5.74) is 1.53. The average molecular weight is 419 g/mol. The van der Waals surface area contributed by atoms with E-state index < -0.39 is 11.6 Å². The van der Waals surface area contributed by atoms with Crippen molar-refractivity contribution in [2.45, 2.75) is 47.3 Å². The number of nitrogens with zero attached hydrogens (tertiary/aromatic N) is 2. The molecule has 2 heterocycles. The van der Waals surface area contributed by atoms with Crippen molar-refractivity contribution in [1.29, 1.82) is 0 Å². The number of benzene rings is 1. The number of aromatic hydroxyl groups is 1. The van der Waals surface area contributed by atoms with E-state index in [9.17, 15) is 14.7 Å². The number of carbonyl (C=O) groups is 1. The number of hydrogen-bond donors (Lipinski definition) is 1. The van der Waals surface area contributed by atoms with Gasteiger partial charge in [0.2, 0.25) is 0 Å². The van der Waals surface area contributed by atoms with Gasteiger partial charge in [0, 0.05) is 29.6 Å². The Kier molecular flexibility index (Phi) is 5.98. The fourth-order valence-corrected chi connectivity index (χ4v) is 3.50. The number of carbonyl (C=O) groups excluding carboxylic acids is 1. The third-order valence-corrected chi connectivity index (χ3v) is 4.96. The number of aromatic nitrogens is 2. The van der Waals surface area contributed by atoms with E-state index in [0.29, 0.717) is 41.1 Å². The highest BCUT2D eigenvalue weighted by Gasteiger charge is 2.22. The van der Waals surface area contributed by atoms with Crippen LogP contribution in [0.15, 0.2) is 27.4 Å². The molecule has 1 aromatic carbocycles. The minimum absolute atomic E-state index is 0.0530. The second-order valence-electron chi connectivity index (χ2n) is 7.32. The number of fused-ring (bicyclic) bond motifs is 1. The zero-order chi connectivity index (χ0) is 21.3. The maximum Gasteiger partial charge on any atom is 0.343 e. The average Bonchev–Trinajstić information content (AvgIpc) is 2.91. The van der Waals surface area contributed by atoms with Crippen LogP contribution in [0.1, 0.15) is 48.0 Å². The Morgan fingerprint density at radius 2 is 2.03 bits per heavy atom. The number of esters is 1. The van der Waals surface area contributed by atoms with Gasteiger partial charge in [0.1, 0.15) is 28.7 Å². The zero-order valence-corrected chi connectivity index (χ0v) is 17.5. The summed E-state index contributed by atoms with van der Waals surface area (Å²) in [6, 6.07) is 4.41. The van der Waals surface area contributed by atoms with Crippen molar-refractivity contribution < 1.29 is 19.1 Å². The molecule has 0 fully saturated rings. The summed E-state index contributed by atoms with van der Waals surface area (Å²) in [6.45, 7) is 8.10. The molecule has 0 radical (unpaired) electrons. The maximum absolute atomic E-state index is 12.7. The molecule has 154 valence electrons. The van der Waals surface area contributed by atoms with Crippen LogP contribution < -0.4 is 5.63 Å². The number of halogens is 1. The molecule has 0 aliphatic heterocycles. The second kappa shape index (κ2) is 8.29. The Labute approximate surface area is 172 Å². The van der Waals surface area contributed by atoms with Crippen molar-refractivity contribution in [2.75, 3.05) is 0 Å². The first kappa shape index (κ1) is 20.9. The quantitative estimate of drug-likeness (QED) is 0.475. The molecule has 0 atom stereocenters. The van der Waals surface area contributed by atoms with Crippen LogP contribution in [0, 0.1) is 12.8 Å². The van der Waals surface area contributed by atoms with Crippen LogP contribution in [0.25, 0.3) is 11.0 Å². The van der Waals surface area contributed by atoms with Gasteiger partial charge in [0.25, 0.3) is 0 Å². The lowest BCUT2D eigenvalue weighted by molar-refractivity contribution is 0.0473. The summed E-state index contributed by atoms with van der Waals surface area (Å²) in [6.07, 6.45) is 0.601. The van der Waals surface area contributed by atoms with Gasteiger partial charge in [0.15, 0.2) is 0 Å². The molecule has 0 aliphatic carbocycles. The van der Waals surface area contributed by atoms with E-state index in [2.05, 4.69) is 5.10 Å². The largest absolute Gasteiger partial charge is 0.508 e. The molecule has 0 unspecified atom stereocenters. The Hall–Kier alpha value is -2.80. The van der Waals surface area contributed by atoms with Crippen molar-refractivity contribution in [2.24, 2.45) is 5.92 Å². The number of rotatable bonds is 6. The van der Waals surface area contributed by atoms with Gasteiger partial charge < -0.3 is 14.3 Å². The van der Waals surface area contributed by atoms with Gasteiger partial charge in [-0.15, -0.1) is 0 Å². The number of phenols is 1. The number of aryl methyl sites for hydroxylation is 2. The fraction of sp³-hybridized carbons (Fsp3) is 0.381. The lowest BCUT2D eigenvalue weighted by Crippen LogP contribution is -2.10. The Bertz CT molecular complexity index is 1130. The third-order valence-electron chi connectivity index (χ3n) is 4.58. The molecule has 0 saturated carbocycles. The van der Waals surface area contributed by atoms with Crippen molar-refractivity contribution >= 4 is 28.5 Å². The summed E-state index contributed by atoms with van der Waals surface area (Å²) >= 11 is 6.33. The smallest absolute Gasteiger partial charge is 0.343 e. The first-order valence-electron chi connectivity index (χ1n) is 9.39. The van der Waals surface area contributed by atoms with Gasteiger partial charge in [-0.1, -0.05) is 32.4 Å². The van der Waals surface area contributed by atoms with Gasteiger partial charge in [0.05, 0.1) is 5.69 Å². The molecule has 1 N–H and O–H groups in total. The number of phenolic OH excluding ortho intramolecular Hbond substituents is 1. The first-order valence-corrected chi connectivity index (χ1v) is 9.77. The molecule has 0 saturated heterocycles. The van der Waals surface area contributed by atoms with E-state index in [-0.39, 0.29) is 28.7 Å². The molecular formula is C21H23ClN2O5. The molecule has 0 amide bonds. The van der Waals surface area contributed by atoms with E-state index in [0.717, 1.165) is 0 Å². The van der Waals surface area contributed by atoms with Crippen LogP contribution in [0.4, 0.5) is 0 Å². The predicted octanol–water partition coefficient (Wildman–Crippen LogP) is 4.23. The van der Waals surface area contributed by atoms with Gasteiger partial charge in [-0.05, 0) is 30.9 Å².